The van der Waals surface area contributed by atoms with Crippen molar-refractivity contribution in [2.24, 2.45) is 0 Å². The van der Waals surface area contributed by atoms with Gasteiger partial charge in [0.05, 0.1) is 6.54 Å². The summed E-state index contributed by atoms with van der Waals surface area (Å²) in [6.07, 6.45) is 0. The predicted molar refractivity (Wildman–Crippen MR) is 86.8 cm³/mol. The summed E-state index contributed by atoms with van der Waals surface area (Å²) in [7, 11) is 0. The van der Waals surface area contributed by atoms with E-state index in [0.717, 1.165) is 16.7 Å². The summed E-state index contributed by atoms with van der Waals surface area (Å²) in [5.41, 5.74) is 2.84. The molecule has 0 saturated carbocycles. The Morgan fingerprint density at radius 3 is 2.54 bits per heavy atom. The molecule has 2 aromatic carbocycles. The lowest BCUT2D eigenvalue weighted by Crippen LogP contribution is -2.04. The highest BCUT2D eigenvalue weighted by atomic mass is 16.4. The second kappa shape index (κ2) is 6.04. The maximum atomic E-state index is 5.46. The van der Waals surface area contributed by atoms with E-state index >= 15 is 0 Å². The normalized spacial score (nSPS) is 10.9. The smallest absolute Gasteiger partial charge is 0.247 e. The molecule has 24 heavy (non-hydrogen) atoms. The van der Waals surface area contributed by atoms with Gasteiger partial charge in [-0.3, -0.25) is 0 Å². The van der Waals surface area contributed by atoms with Gasteiger partial charge in [0, 0.05) is 18.1 Å². The summed E-state index contributed by atoms with van der Waals surface area (Å²) in [6.45, 7) is 2.28. The lowest BCUT2D eigenvalue weighted by Gasteiger charge is -2.01. The third kappa shape index (κ3) is 2.91. The molecule has 0 amide bonds. The van der Waals surface area contributed by atoms with Crippen LogP contribution in [0.4, 0.5) is 0 Å². The lowest BCUT2D eigenvalue weighted by molar-refractivity contribution is 0.532. The Kier molecular flexibility index (Phi) is 3.59. The van der Waals surface area contributed by atoms with Crippen LogP contribution in [0, 0.1) is 6.92 Å². The summed E-state index contributed by atoms with van der Waals surface area (Å²) >= 11 is 0. The highest BCUT2D eigenvalue weighted by molar-refractivity contribution is 5.54. The average molecular weight is 318 g/mol. The van der Waals surface area contributed by atoms with E-state index in [-0.39, 0.29) is 0 Å². The SMILES string of the molecule is Cc1nnc(-c2cccc(Cn3nnc(-c4ccccc4)n3)c2)o1. The number of hydrogen-bond donors (Lipinski definition) is 0. The third-order valence-corrected chi connectivity index (χ3v) is 3.51. The quantitative estimate of drug-likeness (QED) is 0.575. The Bertz CT molecular complexity index is 960. The van der Waals surface area contributed by atoms with Crippen molar-refractivity contribution in [3.05, 3.63) is 66.1 Å². The van der Waals surface area contributed by atoms with Gasteiger partial charge in [-0.2, -0.15) is 4.80 Å². The van der Waals surface area contributed by atoms with Crippen molar-refractivity contribution in [2.75, 3.05) is 0 Å². The van der Waals surface area contributed by atoms with Gasteiger partial charge in [-0.1, -0.05) is 42.5 Å². The molecule has 4 aromatic rings. The molecule has 0 radical (unpaired) electrons. The topological polar surface area (TPSA) is 82.5 Å². The van der Waals surface area contributed by atoms with Crippen molar-refractivity contribution < 1.29 is 4.42 Å². The van der Waals surface area contributed by atoms with Crippen LogP contribution in [0.5, 0.6) is 0 Å². The molecule has 4 rings (SSSR count). The first kappa shape index (κ1) is 14.3. The molecule has 0 aliphatic rings. The van der Waals surface area contributed by atoms with E-state index in [0.29, 0.717) is 24.2 Å². The highest BCUT2D eigenvalue weighted by Crippen LogP contribution is 2.19. The second-order valence-electron chi connectivity index (χ2n) is 5.34. The molecule has 0 bridgehead atoms. The van der Waals surface area contributed by atoms with Crippen molar-refractivity contribution in [2.45, 2.75) is 13.5 Å². The molecule has 118 valence electrons. The van der Waals surface area contributed by atoms with Gasteiger partial charge in [0.25, 0.3) is 0 Å². The summed E-state index contributed by atoms with van der Waals surface area (Å²) in [5.74, 6) is 1.66. The Balaban J connectivity index is 1.57. The van der Waals surface area contributed by atoms with Crippen molar-refractivity contribution >= 4 is 0 Å². The number of nitrogens with zero attached hydrogens (tertiary/aromatic N) is 6. The van der Waals surface area contributed by atoms with Gasteiger partial charge in [0.1, 0.15) is 0 Å². The predicted octanol–water partition coefficient (Wildman–Crippen LogP) is 2.75. The zero-order valence-electron chi connectivity index (χ0n) is 13.0. The first-order valence-electron chi connectivity index (χ1n) is 7.50. The van der Waals surface area contributed by atoms with Crippen LogP contribution in [0.3, 0.4) is 0 Å². The molecular formula is C17H14N6O. The molecule has 7 heteroatoms. The minimum atomic E-state index is 0.505. The summed E-state index contributed by atoms with van der Waals surface area (Å²) in [4.78, 5) is 1.57. The van der Waals surface area contributed by atoms with Crippen molar-refractivity contribution in [3.63, 3.8) is 0 Å². The van der Waals surface area contributed by atoms with Crippen LogP contribution in [-0.4, -0.2) is 30.4 Å². The standard InChI is InChI=1S/C17H14N6O/c1-12-18-20-17(24-12)15-9-5-6-13(10-15)11-23-21-16(19-22-23)14-7-3-2-4-8-14/h2-10H,11H2,1H3. The van der Waals surface area contributed by atoms with Crippen molar-refractivity contribution in [3.8, 4) is 22.8 Å². The molecule has 0 saturated heterocycles. The molecule has 7 nitrogen and oxygen atoms in total. The van der Waals surface area contributed by atoms with Gasteiger partial charge >= 0.3 is 0 Å². The van der Waals surface area contributed by atoms with E-state index in [1.165, 1.54) is 0 Å². The van der Waals surface area contributed by atoms with Crippen LogP contribution in [0.15, 0.2) is 59.0 Å². The average Bonchev–Trinajstić information content (AvgIpc) is 3.25. The fourth-order valence-corrected chi connectivity index (χ4v) is 2.39. The molecule has 0 fully saturated rings. The van der Waals surface area contributed by atoms with Crippen LogP contribution in [0.25, 0.3) is 22.8 Å². The third-order valence-electron chi connectivity index (χ3n) is 3.51. The highest BCUT2D eigenvalue weighted by Gasteiger charge is 2.09. The summed E-state index contributed by atoms with van der Waals surface area (Å²) < 4.78 is 5.46. The summed E-state index contributed by atoms with van der Waals surface area (Å²) in [5, 5.41) is 20.5. The van der Waals surface area contributed by atoms with Gasteiger partial charge in [0.15, 0.2) is 0 Å². The van der Waals surface area contributed by atoms with Gasteiger partial charge in [-0.05, 0) is 22.9 Å². The minimum Gasteiger partial charge on any atom is -0.421 e. The molecule has 2 heterocycles. The van der Waals surface area contributed by atoms with E-state index < -0.39 is 0 Å². The minimum absolute atomic E-state index is 0.505. The zero-order valence-corrected chi connectivity index (χ0v) is 13.0. The number of hydrogen-bond acceptors (Lipinski definition) is 6. The Morgan fingerprint density at radius 2 is 1.75 bits per heavy atom. The van der Waals surface area contributed by atoms with Crippen LogP contribution < -0.4 is 0 Å². The zero-order chi connectivity index (χ0) is 16.4. The van der Waals surface area contributed by atoms with Crippen LogP contribution >= 0.6 is 0 Å². The van der Waals surface area contributed by atoms with E-state index in [2.05, 4.69) is 25.6 Å². The van der Waals surface area contributed by atoms with Crippen molar-refractivity contribution in [1.29, 1.82) is 0 Å². The van der Waals surface area contributed by atoms with E-state index in [1.54, 1.807) is 11.7 Å². The Labute approximate surface area is 138 Å². The van der Waals surface area contributed by atoms with Crippen LogP contribution in [-0.2, 0) is 6.54 Å². The number of aryl methyl sites for hydroxylation is 1. The largest absolute Gasteiger partial charge is 0.421 e. The lowest BCUT2D eigenvalue weighted by atomic mass is 10.1. The van der Waals surface area contributed by atoms with Crippen molar-refractivity contribution in [1.82, 2.24) is 30.4 Å². The number of benzene rings is 2. The van der Waals surface area contributed by atoms with E-state index in [9.17, 15) is 0 Å². The summed E-state index contributed by atoms with van der Waals surface area (Å²) in [6, 6.07) is 17.6. The van der Waals surface area contributed by atoms with E-state index in [4.69, 9.17) is 4.42 Å². The molecule has 2 aromatic heterocycles. The maximum absolute atomic E-state index is 5.46. The van der Waals surface area contributed by atoms with Gasteiger partial charge in [0.2, 0.25) is 17.6 Å². The first-order valence-corrected chi connectivity index (χ1v) is 7.50. The molecular weight excluding hydrogens is 304 g/mol. The second-order valence-corrected chi connectivity index (χ2v) is 5.34. The molecule has 0 unspecified atom stereocenters. The Morgan fingerprint density at radius 1 is 0.917 bits per heavy atom. The number of tetrazole rings is 1. The van der Waals surface area contributed by atoms with Crippen LogP contribution in [0.1, 0.15) is 11.5 Å². The fraction of sp³-hybridized carbons (Fsp3) is 0.118. The number of aromatic nitrogens is 6. The fourth-order valence-electron chi connectivity index (χ4n) is 2.39. The molecule has 0 spiro atoms. The van der Waals surface area contributed by atoms with Gasteiger partial charge < -0.3 is 4.42 Å². The maximum Gasteiger partial charge on any atom is 0.247 e. The Hall–Kier alpha value is -3.35. The monoisotopic (exact) mass is 318 g/mol. The molecule has 0 aliphatic heterocycles. The van der Waals surface area contributed by atoms with E-state index in [1.807, 2.05) is 54.6 Å². The van der Waals surface area contributed by atoms with Crippen LogP contribution in [0.2, 0.25) is 0 Å². The first-order chi connectivity index (χ1) is 11.8. The van der Waals surface area contributed by atoms with Gasteiger partial charge in [-0.15, -0.1) is 20.4 Å². The number of rotatable bonds is 4. The molecule has 0 N–H and O–H groups in total. The molecule has 0 aliphatic carbocycles. The molecule has 0 atom stereocenters. The van der Waals surface area contributed by atoms with Gasteiger partial charge in [-0.25, -0.2) is 0 Å².